The van der Waals surface area contributed by atoms with E-state index in [2.05, 4.69) is 22.8 Å². The summed E-state index contributed by atoms with van der Waals surface area (Å²) in [6.45, 7) is 6.50. The zero-order valence-corrected chi connectivity index (χ0v) is 16.6. The number of likely N-dealkylation sites (tertiary alicyclic amines) is 1. The molecule has 140 valence electrons. The minimum atomic E-state index is -0.0134. The lowest BCUT2D eigenvalue weighted by atomic mass is 9.97. The van der Waals surface area contributed by atoms with Gasteiger partial charge in [-0.15, -0.1) is 0 Å². The van der Waals surface area contributed by atoms with Gasteiger partial charge in [0.15, 0.2) is 6.61 Å². The van der Waals surface area contributed by atoms with E-state index < -0.39 is 0 Å². The van der Waals surface area contributed by atoms with Crippen molar-refractivity contribution in [2.45, 2.75) is 33.2 Å². The molecule has 0 radical (unpaired) electrons. The number of hydrogen-bond acceptors (Lipinski definition) is 3. The minimum absolute atomic E-state index is 0.0104. The van der Waals surface area contributed by atoms with E-state index >= 15 is 0 Å². The van der Waals surface area contributed by atoms with Crippen LogP contribution in [0.5, 0.6) is 5.75 Å². The molecule has 5 nitrogen and oxygen atoms in total. The molecule has 0 unspecified atom stereocenters. The maximum absolute atomic E-state index is 12.4. The molecule has 0 bridgehead atoms. The lowest BCUT2D eigenvalue weighted by Crippen LogP contribution is -2.41. The third-order valence-electron chi connectivity index (χ3n) is 4.75. The van der Waals surface area contributed by atoms with Crippen LogP contribution in [0.2, 0.25) is 10.0 Å². The lowest BCUT2D eigenvalue weighted by molar-refractivity contribution is -0.134. The summed E-state index contributed by atoms with van der Waals surface area (Å²) in [4.78, 5) is 14.2. The fourth-order valence-electron chi connectivity index (χ4n) is 3.29. The van der Waals surface area contributed by atoms with E-state index in [1.807, 2.05) is 11.8 Å². The molecule has 3 rings (SSSR count). The number of nitrogens with zero attached hydrogens (tertiary/aromatic N) is 3. The van der Waals surface area contributed by atoms with Crippen LogP contribution in [0.15, 0.2) is 24.3 Å². The smallest absolute Gasteiger partial charge is 0.260 e. The highest BCUT2D eigenvalue weighted by Crippen LogP contribution is 2.27. The van der Waals surface area contributed by atoms with Gasteiger partial charge in [0, 0.05) is 30.4 Å². The number of amides is 1. The van der Waals surface area contributed by atoms with Crippen molar-refractivity contribution in [3.05, 3.63) is 45.7 Å². The maximum Gasteiger partial charge on any atom is 0.260 e. The van der Waals surface area contributed by atoms with Gasteiger partial charge in [0.25, 0.3) is 5.91 Å². The van der Waals surface area contributed by atoms with Gasteiger partial charge < -0.3 is 9.64 Å². The van der Waals surface area contributed by atoms with Gasteiger partial charge in [0.05, 0.1) is 10.7 Å². The SMILES string of the molecule is Cc1cc(C)n(CC2CCN(C(=O)COc3ccc(Cl)cc3Cl)CC2)n1. The number of benzene rings is 1. The quantitative estimate of drug-likeness (QED) is 0.764. The predicted molar refractivity (Wildman–Crippen MR) is 103 cm³/mol. The molecule has 1 aromatic carbocycles. The summed E-state index contributed by atoms with van der Waals surface area (Å²) in [5, 5.41) is 5.48. The summed E-state index contributed by atoms with van der Waals surface area (Å²) < 4.78 is 7.62. The third kappa shape index (κ3) is 4.71. The number of carbonyl (C=O) groups excluding carboxylic acids is 1. The molecule has 0 aliphatic carbocycles. The average molecular weight is 396 g/mol. The summed E-state index contributed by atoms with van der Waals surface area (Å²) in [6.07, 6.45) is 1.96. The monoisotopic (exact) mass is 395 g/mol. The number of halogens is 2. The number of aryl methyl sites for hydroxylation is 2. The Morgan fingerprint density at radius 1 is 1.23 bits per heavy atom. The van der Waals surface area contributed by atoms with Crippen LogP contribution in [0.25, 0.3) is 0 Å². The van der Waals surface area contributed by atoms with E-state index in [0.29, 0.717) is 21.7 Å². The molecule has 1 saturated heterocycles. The van der Waals surface area contributed by atoms with Gasteiger partial charge in [-0.25, -0.2) is 0 Å². The van der Waals surface area contributed by atoms with Crippen molar-refractivity contribution in [3.63, 3.8) is 0 Å². The molecule has 1 amide bonds. The molecule has 1 aliphatic rings. The molecule has 26 heavy (non-hydrogen) atoms. The van der Waals surface area contributed by atoms with Crippen molar-refractivity contribution in [3.8, 4) is 5.75 Å². The van der Waals surface area contributed by atoms with E-state index in [9.17, 15) is 4.79 Å². The Bertz CT molecular complexity index is 783. The van der Waals surface area contributed by atoms with Gasteiger partial charge in [0.2, 0.25) is 0 Å². The minimum Gasteiger partial charge on any atom is -0.482 e. The van der Waals surface area contributed by atoms with Gasteiger partial charge in [-0.2, -0.15) is 5.10 Å². The second-order valence-electron chi connectivity index (χ2n) is 6.80. The number of rotatable bonds is 5. The summed E-state index contributed by atoms with van der Waals surface area (Å²) in [6, 6.07) is 7.07. The number of ether oxygens (including phenoxy) is 1. The van der Waals surface area contributed by atoms with Crippen LogP contribution in [0.3, 0.4) is 0 Å². The number of carbonyl (C=O) groups is 1. The topological polar surface area (TPSA) is 47.4 Å². The summed E-state index contributed by atoms with van der Waals surface area (Å²) in [7, 11) is 0. The molecule has 1 aliphatic heterocycles. The normalized spacial score (nSPS) is 15.3. The highest BCUT2D eigenvalue weighted by molar-refractivity contribution is 6.35. The first-order valence-corrected chi connectivity index (χ1v) is 9.54. The van der Waals surface area contributed by atoms with Crippen molar-refractivity contribution >= 4 is 29.1 Å². The van der Waals surface area contributed by atoms with Crippen LogP contribution in [0, 0.1) is 19.8 Å². The van der Waals surface area contributed by atoms with Gasteiger partial charge in [-0.3, -0.25) is 9.48 Å². The second kappa shape index (κ2) is 8.31. The van der Waals surface area contributed by atoms with E-state index in [0.717, 1.165) is 38.2 Å². The number of aromatic nitrogens is 2. The van der Waals surface area contributed by atoms with Crippen molar-refractivity contribution in [2.75, 3.05) is 19.7 Å². The Morgan fingerprint density at radius 3 is 2.58 bits per heavy atom. The van der Waals surface area contributed by atoms with Crippen molar-refractivity contribution in [1.29, 1.82) is 0 Å². The largest absolute Gasteiger partial charge is 0.482 e. The highest BCUT2D eigenvalue weighted by Gasteiger charge is 2.24. The first kappa shape index (κ1) is 19.1. The van der Waals surface area contributed by atoms with Gasteiger partial charge in [-0.1, -0.05) is 23.2 Å². The van der Waals surface area contributed by atoms with Crippen molar-refractivity contribution < 1.29 is 9.53 Å². The van der Waals surface area contributed by atoms with Crippen LogP contribution in [-0.2, 0) is 11.3 Å². The number of piperidine rings is 1. The van der Waals surface area contributed by atoms with Crippen molar-refractivity contribution in [2.24, 2.45) is 5.92 Å². The Labute approximate surface area is 163 Å². The molecule has 7 heteroatoms. The molecule has 0 N–H and O–H groups in total. The maximum atomic E-state index is 12.4. The molecular formula is C19H23Cl2N3O2. The fraction of sp³-hybridized carbons (Fsp3) is 0.474. The molecule has 0 spiro atoms. The first-order valence-electron chi connectivity index (χ1n) is 8.79. The lowest BCUT2D eigenvalue weighted by Gasteiger charge is -2.32. The van der Waals surface area contributed by atoms with Crippen LogP contribution in [0.1, 0.15) is 24.2 Å². The predicted octanol–water partition coefficient (Wildman–Crippen LogP) is 4.12. The third-order valence-corrected chi connectivity index (χ3v) is 5.28. The van der Waals surface area contributed by atoms with E-state index in [-0.39, 0.29) is 12.5 Å². The Hall–Kier alpha value is -1.72. The average Bonchev–Trinajstić information content (AvgIpc) is 2.91. The van der Waals surface area contributed by atoms with Crippen LogP contribution < -0.4 is 4.74 Å². The highest BCUT2D eigenvalue weighted by atomic mass is 35.5. The van der Waals surface area contributed by atoms with Crippen molar-refractivity contribution in [1.82, 2.24) is 14.7 Å². The van der Waals surface area contributed by atoms with Crippen LogP contribution >= 0.6 is 23.2 Å². The summed E-state index contributed by atoms with van der Waals surface area (Å²) in [5.74, 6) is 1.01. The molecule has 0 atom stereocenters. The second-order valence-corrected chi connectivity index (χ2v) is 7.64. The van der Waals surface area contributed by atoms with E-state index in [1.165, 1.54) is 5.69 Å². The zero-order valence-electron chi connectivity index (χ0n) is 15.0. The Morgan fingerprint density at radius 2 is 1.96 bits per heavy atom. The first-order chi connectivity index (χ1) is 12.4. The zero-order chi connectivity index (χ0) is 18.7. The van der Waals surface area contributed by atoms with Gasteiger partial charge >= 0.3 is 0 Å². The molecule has 1 fully saturated rings. The van der Waals surface area contributed by atoms with Gasteiger partial charge in [-0.05, 0) is 56.9 Å². The Balaban J connectivity index is 1.46. The molecular weight excluding hydrogens is 373 g/mol. The van der Waals surface area contributed by atoms with Crippen LogP contribution in [-0.4, -0.2) is 40.3 Å². The fourth-order valence-corrected chi connectivity index (χ4v) is 3.76. The molecule has 1 aromatic heterocycles. The molecule has 0 saturated carbocycles. The Kier molecular flexibility index (Phi) is 6.09. The molecule has 2 aromatic rings. The summed E-state index contributed by atoms with van der Waals surface area (Å²) >= 11 is 11.9. The molecule has 2 heterocycles. The van der Waals surface area contributed by atoms with Gasteiger partial charge in [0.1, 0.15) is 5.75 Å². The standard InChI is InChI=1S/C19H23Cl2N3O2/c1-13-9-14(2)24(22-13)11-15-5-7-23(8-6-15)19(25)12-26-18-4-3-16(20)10-17(18)21/h3-4,9-10,15H,5-8,11-12H2,1-2H3. The van der Waals surface area contributed by atoms with Crippen LogP contribution in [0.4, 0.5) is 0 Å². The summed E-state index contributed by atoms with van der Waals surface area (Å²) in [5.41, 5.74) is 2.24. The number of hydrogen-bond donors (Lipinski definition) is 0. The van der Waals surface area contributed by atoms with E-state index in [1.54, 1.807) is 18.2 Å². The van der Waals surface area contributed by atoms with E-state index in [4.69, 9.17) is 27.9 Å².